The third-order valence-electron chi connectivity index (χ3n) is 4.68. The molecule has 4 N–H and O–H groups in total. The lowest BCUT2D eigenvalue weighted by Gasteiger charge is -2.15. The molecule has 0 saturated carbocycles. The molecule has 0 saturated heterocycles. The molecule has 0 radical (unpaired) electrons. The van der Waals surface area contributed by atoms with Crippen LogP contribution in [-0.2, 0) is 11.4 Å². The summed E-state index contributed by atoms with van der Waals surface area (Å²) in [5, 5.41) is 3.24. The molecule has 0 fully saturated rings. The van der Waals surface area contributed by atoms with Gasteiger partial charge in [0.15, 0.2) is 0 Å². The quantitative estimate of drug-likeness (QED) is 0.250. The molecule has 152 valence electrons. The zero-order chi connectivity index (χ0) is 21.2. The number of hydrogen-bond acceptors (Lipinski definition) is 4. The first-order chi connectivity index (χ1) is 14.0. The maximum Gasteiger partial charge on any atom is 0.221 e. The number of hydrazine groups is 1. The van der Waals surface area contributed by atoms with Gasteiger partial charge in [-0.05, 0) is 61.2 Å². The Balaban J connectivity index is 0.000000687. The molecule has 0 aromatic heterocycles. The van der Waals surface area contributed by atoms with Crippen LogP contribution in [0.1, 0.15) is 22.3 Å². The second-order valence-corrected chi connectivity index (χ2v) is 6.77. The van der Waals surface area contributed by atoms with E-state index in [-0.39, 0.29) is 0 Å². The lowest BCUT2D eigenvalue weighted by molar-refractivity contribution is -0.109. The number of carbonyl (C=O) groups excluding carboxylic acids is 1. The predicted octanol–water partition coefficient (Wildman–Crippen LogP) is 4.51. The van der Waals surface area contributed by atoms with Crippen molar-refractivity contribution < 1.29 is 9.53 Å². The first-order valence-electron chi connectivity index (χ1n) is 9.46. The van der Waals surface area contributed by atoms with E-state index in [9.17, 15) is 0 Å². The number of ether oxygens (including phenoxy) is 1. The van der Waals surface area contributed by atoms with E-state index < -0.39 is 0 Å². The number of aryl methyl sites for hydroxylation is 3. The van der Waals surface area contributed by atoms with E-state index in [2.05, 4.69) is 92.6 Å². The lowest BCUT2D eigenvalue weighted by Crippen LogP contribution is -2.18. The van der Waals surface area contributed by atoms with Crippen molar-refractivity contribution in [2.75, 3.05) is 12.4 Å². The van der Waals surface area contributed by atoms with E-state index in [1.807, 2.05) is 7.05 Å². The fourth-order valence-corrected chi connectivity index (χ4v) is 3.01. The minimum absolute atomic E-state index is 0.403. The Bertz CT molecular complexity index is 937. The van der Waals surface area contributed by atoms with Gasteiger partial charge in [0.1, 0.15) is 12.4 Å². The van der Waals surface area contributed by atoms with Crippen LogP contribution in [0.15, 0.2) is 60.7 Å². The molecule has 0 aliphatic rings. The van der Waals surface area contributed by atoms with Gasteiger partial charge in [0, 0.05) is 18.3 Å². The van der Waals surface area contributed by atoms with Crippen molar-refractivity contribution in [2.45, 2.75) is 27.4 Å². The number of rotatable bonds is 6. The van der Waals surface area contributed by atoms with Crippen LogP contribution in [0, 0.1) is 20.8 Å². The number of hydrogen-bond donors (Lipinski definition) is 3. The fourth-order valence-electron chi connectivity index (χ4n) is 3.01. The monoisotopic (exact) mass is 391 g/mol. The number of benzene rings is 3. The Hall–Kier alpha value is -3.31. The number of nitrogens with two attached hydrogens (primary N) is 1. The maximum absolute atomic E-state index is 8.94. The van der Waals surface area contributed by atoms with Gasteiger partial charge in [-0.1, -0.05) is 48.0 Å². The average molecular weight is 392 g/mol. The van der Waals surface area contributed by atoms with Crippen molar-refractivity contribution >= 4 is 12.1 Å². The van der Waals surface area contributed by atoms with Gasteiger partial charge >= 0.3 is 0 Å². The van der Waals surface area contributed by atoms with E-state index >= 15 is 0 Å². The van der Waals surface area contributed by atoms with Crippen molar-refractivity contribution in [3.8, 4) is 16.9 Å². The first kappa shape index (κ1) is 22.0. The normalized spacial score (nSPS) is 9.83. The summed E-state index contributed by atoms with van der Waals surface area (Å²) in [5.41, 5.74) is 10.2. The topological polar surface area (TPSA) is 76.4 Å². The summed E-state index contributed by atoms with van der Waals surface area (Å²) in [6.45, 7) is 6.89. The molecule has 5 nitrogen and oxygen atoms in total. The lowest BCUT2D eigenvalue weighted by atomic mass is 10.0. The van der Waals surface area contributed by atoms with Gasteiger partial charge in [-0.2, -0.15) is 0 Å². The molecule has 3 aromatic rings. The van der Waals surface area contributed by atoms with Crippen LogP contribution in [0.3, 0.4) is 0 Å². The molecule has 3 aromatic carbocycles. The summed E-state index contributed by atoms with van der Waals surface area (Å²) >= 11 is 0. The smallest absolute Gasteiger partial charge is 0.221 e. The minimum atomic E-state index is 0.403. The van der Waals surface area contributed by atoms with Crippen molar-refractivity contribution in [1.82, 2.24) is 5.43 Å². The van der Waals surface area contributed by atoms with Crippen LogP contribution in [0.2, 0.25) is 0 Å². The predicted molar refractivity (Wildman–Crippen MR) is 120 cm³/mol. The number of nitrogens with one attached hydrogen (secondary N) is 2. The van der Waals surface area contributed by atoms with Crippen LogP contribution in [0.25, 0.3) is 11.1 Å². The highest BCUT2D eigenvalue weighted by atomic mass is 16.5. The molecular formula is C24H29N3O2. The van der Waals surface area contributed by atoms with Crippen molar-refractivity contribution in [2.24, 2.45) is 5.84 Å². The summed E-state index contributed by atoms with van der Waals surface area (Å²) in [6, 6.07) is 21.3. The highest BCUT2D eigenvalue weighted by molar-refractivity contribution is 5.66. The Labute approximate surface area is 172 Å². The molecule has 3 rings (SSSR count). The average Bonchev–Trinajstić information content (AvgIpc) is 2.74. The largest absolute Gasteiger partial charge is 0.489 e. The van der Waals surface area contributed by atoms with E-state index in [1.165, 1.54) is 27.8 Å². The second kappa shape index (κ2) is 10.9. The van der Waals surface area contributed by atoms with Gasteiger partial charge < -0.3 is 10.1 Å². The van der Waals surface area contributed by atoms with E-state index in [0.717, 1.165) is 17.0 Å². The van der Waals surface area contributed by atoms with Crippen LogP contribution >= 0.6 is 0 Å². The zero-order valence-electron chi connectivity index (χ0n) is 17.5. The van der Waals surface area contributed by atoms with Crippen molar-refractivity contribution in [3.63, 3.8) is 0 Å². The van der Waals surface area contributed by atoms with Gasteiger partial charge in [-0.25, -0.2) is 5.84 Å². The molecule has 0 heterocycles. The molecule has 0 spiro atoms. The van der Waals surface area contributed by atoms with Gasteiger partial charge in [0.25, 0.3) is 0 Å². The van der Waals surface area contributed by atoms with Crippen LogP contribution in [0.5, 0.6) is 5.75 Å². The van der Waals surface area contributed by atoms with Crippen LogP contribution in [-0.4, -0.2) is 13.5 Å². The first-order valence-corrected chi connectivity index (χ1v) is 9.46. The molecule has 0 aliphatic heterocycles. The molecule has 0 bridgehead atoms. The third kappa shape index (κ3) is 6.09. The van der Waals surface area contributed by atoms with E-state index in [0.29, 0.717) is 13.0 Å². The van der Waals surface area contributed by atoms with Gasteiger partial charge in [0.2, 0.25) is 6.41 Å². The van der Waals surface area contributed by atoms with E-state index in [1.54, 1.807) is 5.43 Å². The molecule has 0 atom stereocenters. The van der Waals surface area contributed by atoms with Crippen LogP contribution in [0.4, 0.5) is 5.69 Å². The zero-order valence-corrected chi connectivity index (χ0v) is 17.5. The second-order valence-electron chi connectivity index (χ2n) is 6.77. The van der Waals surface area contributed by atoms with Crippen LogP contribution < -0.4 is 21.3 Å². The summed E-state index contributed by atoms with van der Waals surface area (Å²) < 4.78 is 6.12. The third-order valence-corrected chi connectivity index (χ3v) is 4.68. The maximum atomic E-state index is 8.94. The summed E-state index contributed by atoms with van der Waals surface area (Å²) in [7, 11) is 1.94. The Morgan fingerprint density at radius 2 is 1.59 bits per heavy atom. The molecule has 5 heteroatoms. The highest BCUT2D eigenvalue weighted by Gasteiger charge is 2.08. The van der Waals surface area contributed by atoms with Gasteiger partial charge in [0.05, 0.1) is 0 Å². The number of carbonyl (C=O) groups is 1. The highest BCUT2D eigenvalue weighted by Crippen LogP contribution is 2.28. The SMILES string of the molecule is CNc1cccc(C)c1COc1ccc(-c2ccc(C)cc2)cc1C.NNC=O. The van der Waals surface area contributed by atoms with Crippen molar-refractivity contribution in [1.29, 1.82) is 0 Å². The molecular weight excluding hydrogens is 362 g/mol. The van der Waals surface area contributed by atoms with Gasteiger partial charge in [-0.15, -0.1) is 0 Å². The Morgan fingerprint density at radius 3 is 2.17 bits per heavy atom. The molecule has 0 unspecified atom stereocenters. The summed E-state index contributed by atoms with van der Waals surface area (Å²) in [6.07, 6.45) is 0.403. The molecule has 29 heavy (non-hydrogen) atoms. The summed E-state index contributed by atoms with van der Waals surface area (Å²) in [4.78, 5) is 8.94. The number of anilines is 1. The molecule has 0 aliphatic carbocycles. The van der Waals surface area contributed by atoms with Gasteiger partial charge in [-0.3, -0.25) is 10.2 Å². The fraction of sp³-hybridized carbons (Fsp3) is 0.208. The number of amides is 1. The molecule has 1 amide bonds. The van der Waals surface area contributed by atoms with Crippen molar-refractivity contribution in [3.05, 3.63) is 82.9 Å². The summed E-state index contributed by atoms with van der Waals surface area (Å²) in [5.74, 6) is 5.34. The Kier molecular flexibility index (Phi) is 8.25. The standard InChI is InChI=1S/C23H25NO.CH4N2O/c1-16-8-10-19(11-9-16)20-12-13-23(18(3)14-20)25-15-21-17(2)6-5-7-22(21)24-4;2-3-1-4/h5-14,24H,15H2,1-4H3;1H,2H2,(H,3,4). The Morgan fingerprint density at radius 1 is 0.931 bits per heavy atom. The van der Waals surface area contributed by atoms with E-state index in [4.69, 9.17) is 9.53 Å². The minimum Gasteiger partial charge on any atom is -0.489 e.